The Bertz CT molecular complexity index is 1260. The van der Waals surface area contributed by atoms with Gasteiger partial charge >= 0.3 is 12.0 Å². The maximum Gasteiger partial charge on any atom is 0.314 e. The van der Waals surface area contributed by atoms with E-state index in [1.54, 1.807) is 12.4 Å². The molecule has 0 radical (unpaired) electrons. The fourth-order valence-corrected chi connectivity index (χ4v) is 4.73. The lowest BCUT2D eigenvalue weighted by Gasteiger charge is -2.28. The van der Waals surface area contributed by atoms with Crippen molar-refractivity contribution in [2.24, 2.45) is 5.92 Å². The van der Waals surface area contributed by atoms with Gasteiger partial charge in [0.05, 0.1) is 16.9 Å². The van der Waals surface area contributed by atoms with E-state index in [1.165, 1.54) is 11.3 Å². The van der Waals surface area contributed by atoms with Gasteiger partial charge in [-0.15, -0.1) is 0 Å². The van der Waals surface area contributed by atoms with Crippen molar-refractivity contribution in [1.29, 1.82) is 0 Å². The van der Waals surface area contributed by atoms with E-state index in [2.05, 4.69) is 19.9 Å². The zero-order valence-corrected chi connectivity index (χ0v) is 16.6. The van der Waals surface area contributed by atoms with E-state index in [0.29, 0.717) is 53.2 Å². The number of halogens is 1. The fourth-order valence-electron chi connectivity index (χ4n) is 3.98. The topological polar surface area (TPSA) is 135 Å². The third kappa shape index (κ3) is 3.20. The van der Waals surface area contributed by atoms with Crippen LogP contribution in [0.5, 0.6) is 5.75 Å². The molecule has 1 aliphatic carbocycles. The molecule has 4 N–H and O–H groups in total. The molecule has 0 spiro atoms. The maximum absolute atomic E-state index is 13.6. The largest absolute Gasteiger partial charge is 0.424 e. The van der Waals surface area contributed by atoms with Crippen molar-refractivity contribution in [3.63, 3.8) is 0 Å². The summed E-state index contributed by atoms with van der Waals surface area (Å²) in [6, 6.07) is 5.48. The molecule has 1 fully saturated rings. The van der Waals surface area contributed by atoms with Crippen LogP contribution in [0.25, 0.3) is 21.4 Å². The Labute approximate surface area is 173 Å². The van der Waals surface area contributed by atoms with Crippen molar-refractivity contribution in [1.82, 2.24) is 24.5 Å². The highest BCUT2D eigenvalue weighted by atomic mass is 32.1. The second-order valence-electron chi connectivity index (χ2n) is 7.28. The standard InChI is InChI=1S/C19H18FN7O2S/c20-18-25-15(21)14-16(26-18)27(8-23-14)10-6-4-9(5-7-10)17(28)29-11-2-1-3-12-13(11)24-19(22)30-12/h1-3,8-10H,4-7H2,(H2,22,24)(H2,21,25,26)/t9-,10+. The average molecular weight is 427 g/mol. The number of imidazole rings is 1. The van der Waals surface area contributed by atoms with Crippen molar-refractivity contribution in [3.05, 3.63) is 30.6 Å². The van der Waals surface area contributed by atoms with Crippen LogP contribution in [0.2, 0.25) is 0 Å². The molecule has 0 unspecified atom stereocenters. The molecule has 0 atom stereocenters. The molecule has 3 aromatic heterocycles. The first kappa shape index (κ1) is 18.7. The summed E-state index contributed by atoms with van der Waals surface area (Å²) in [5.74, 6) is -0.0551. The SMILES string of the molecule is Nc1nc2c(OC(=O)[C@H]3CC[C@@H](n4cnc5c(N)nc(F)nc54)CC3)cccc2s1. The highest BCUT2D eigenvalue weighted by Gasteiger charge is 2.30. The van der Waals surface area contributed by atoms with Gasteiger partial charge in [0.2, 0.25) is 0 Å². The maximum atomic E-state index is 13.6. The van der Waals surface area contributed by atoms with Gasteiger partial charge in [-0.2, -0.15) is 14.4 Å². The minimum Gasteiger partial charge on any atom is -0.424 e. The number of carbonyl (C=O) groups excluding carboxylic acids is 1. The van der Waals surface area contributed by atoms with Crippen molar-refractivity contribution >= 4 is 49.6 Å². The lowest BCUT2D eigenvalue weighted by molar-refractivity contribution is -0.140. The monoisotopic (exact) mass is 427 g/mol. The first-order valence-electron chi connectivity index (χ1n) is 9.52. The van der Waals surface area contributed by atoms with Crippen molar-refractivity contribution in [2.75, 3.05) is 11.5 Å². The summed E-state index contributed by atoms with van der Waals surface area (Å²) in [6.45, 7) is 0. The number of anilines is 2. The van der Waals surface area contributed by atoms with Crippen LogP contribution in [-0.2, 0) is 4.79 Å². The first-order valence-corrected chi connectivity index (χ1v) is 10.3. The smallest absolute Gasteiger partial charge is 0.314 e. The summed E-state index contributed by atoms with van der Waals surface area (Å²) in [5, 5.41) is 0.433. The molecule has 30 heavy (non-hydrogen) atoms. The molecule has 0 saturated heterocycles. The number of fused-ring (bicyclic) bond motifs is 2. The molecule has 1 aromatic carbocycles. The third-order valence-corrected chi connectivity index (χ3v) is 6.30. The van der Waals surface area contributed by atoms with Crippen LogP contribution in [0.1, 0.15) is 31.7 Å². The Kier molecular flexibility index (Phi) is 4.46. The predicted octanol–water partition coefficient (Wildman–Crippen LogP) is 3.08. The number of ether oxygens (including phenoxy) is 1. The van der Waals surface area contributed by atoms with E-state index in [0.717, 1.165) is 4.70 Å². The number of nitrogen functional groups attached to an aromatic ring is 2. The number of esters is 1. The molecule has 9 nitrogen and oxygen atoms in total. The number of hydrogen-bond acceptors (Lipinski definition) is 9. The molecule has 154 valence electrons. The lowest BCUT2D eigenvalue weighted by Crippen LogP contribution is -2.27. The van der Waals surface area contributed by atoms with Crippen LogP contribution in [0.15, 0.2) is 24.5 Å². The van der Waals surface area contributed by atoms with Gasteiger partial charge in [0.25, 0.3) is 0 Å². The van der Waals surface area contributed by atoms with E-state index >= 15 is 0 Å². The van der Waals surface area contributed by atoms with E-state index in [-0.39, 0.29) is 23.7 Å². The van der Waals surface area contributed by atoms with E-state index in [9.17, 15) is 9.18 Å². The van der Waals surface area contributed by atoms with Crippen molar-refractivity contribution in [3.8, 4) is 5.75 Å². The quantitative estimate of drug-likeness (QED) is 0.289. The molecular weight excluding hydrogens is 409 g/mol. The molecule has 1 aliphatic rings. The van der Waals surface area contributed by atoms with Crippen LogP contribution >= 0.6 is 11.3 Å². The molecular formula is C19H18FN7O2S. The summed E-state index contributed by atoms with van der Waals surface area (Å²) >= 11 is 1.35. The summed E-state index contributed by atoms with van der Waals surface area (Å²) in [5.41, 5.74) is 12.9. The number of rotatable bonds is 3. The number of para-hydroxylation sites is 1. The Morgan fingerprint density at radius 1 is 1.13 bits per heavy atom. The number of hydrogen-bond donors (Lipinski definition) is 2. The number of benzene rings is 1. The minimum absolute atomic E-state index is 0.0189. The summed E-state index contributed by atoms with van der Waals surface area (Å²) < 4.78 is 21.9. The van der Waals surface area contributed by atoms with Crippen LogP contribution in [-0.4, -0.2) is 30.5 Å². The van der Waals surface area contributed by atoms with Gasteiger partial charge in [-0.1, -0.05) is 17.4 Å². The highest BCUT2D eigenvalue weighted by molar-refractivity contribution is 7.22. The van der Waals surface area contributed by atoms with E-state index in [4.69, 9.17) is 16.2 Å². The molecule has 0 bridgehead atoms. The molecule has 0 amide bonds. The van der Waals surface area contributed by atoms with Gasteiger partial charge < -0.3 is 20.8 Å². The molecule has 1 saturated carbocycles. The number of thiazole rings is 1. The second-order valence-corrected chi connectivity index (χ2v) is 8.35. The van der Waals surface area contributed by atoms with Gasteiger partial charge in [-0.05, 0) is 37.8 Å². The second kappa shape index (κ2) is 7.17. The Balaban J connectivity index is 1.29. The molecule has 5 rings (SSSR count). The lowest BCUT2D eigenvalue weighted by atomic mass is 9.86. The molecule has 4 aromatic rings. The number of carbonyl (C=O) groups is 1. The minimum atomic E-state index is -0.879. The number of nitrogens with two attached hydrogens (primary N) is 2. The van der Waals surface area contributed by atoms with Crippen molar-refractivity contribution < 1.29 is 13.9 Å². The van der Waals surface area contributed by atoms with Crippen LogP contribution in [0, 0.1) is 12.0 Å². The summed E-state index contributed by atoms with van der Waals surface area (Å²) in [4.78, 5) is 28.6. The first-order chi connectivity index (χ1) is 14.5. The number of aromatic nitrogens is 5. The van der Waals surface area contributed by atoms with Crippen LogP contribution in [0.4, 0.5) is 15.3 Å². The van der Waals surface area contributed by atoms with Gasteiger partial charge in [0.1, 0.15) is 11.0 Å². The van der Waals surface area contributed by atoms with Gasteiger partial charge in [0, 0.05) is 6.04 Å². The van der Waals surface area contributed by atoms with E-state index < -0.39 is 6.08 Å². The Morgan fingerprint density at radius 2 is 1.93 bits per heavy atom. The third-order valence-electron chi connectivity index (χ3n) is 5.45. The fraction of sp³-hybridized carbons (Fsp3) is 0.316. The van der Waals surface area contributed by atoms with Gasteiger partial charge in [-0.25, -0.2) is 9.97 Å². The Morgan fingerprint density at radius 3 is 2.73 bits per heavy atom. The predicted molar refractivity (Wildman–Crippen MR) is 110 cm³/mol. The summed E-state index contributed by atoms with van der Waals surface area (Å²) in [7, 11) is 0. The number of nitrogens with zero attached hydrogens (tertiary/aromatic N) is 5. The Hall–Kier alpha value is -3.34. The van der Waals surface area contributed by atoms with E-state index in [1.807, 2.05) is 16.7 Å². The van der Waals surface area contributed by atoms with Gasteiger partial charge in [-0.3, -0.25) is 4.79 Å². The molecule has 11 heteroatoms. The van der Waals surface area contributed by atoms with Crippen molar-refractivity contribution in [2.45, 2.75) is 31.7 Å². The van der Waals surface area contributed by atoms with Gasteiger partial charge in [0.15, 0.2) is 22.3 Å². The highest BCUT2D eigenvalue weighted by Crippen LogP contribution is 2.36. The normalized spacial score (nSPS) is 19.4. The zero-order chi connectivity index (χ0) is 20.8. The molecule has 0 aliphatic heterocycles. The summed E-state index contributed by atoms with van der Waals surface area (Å²) in [6.07, 6.45) is 3.43. The zero-order valence-electron chi connectivity index (χ0n) is 15.8. The van der Waals surface area contributed by atoms with Crippen LogP contribution in [0.3, 0.4) is 0 Å². The van der Waals surface area contributed by atoms with Crippen LogP contribution < -0.4 is 16.2 Å². The molecule has 3 heterocycles. The average Bonchev–Trinajstić information content (AvgIpc) is 3.31.